The van der Waals surface area contributed by atoms with Crippen LogP contribution in [-0.2, 0) is 19.2 Å². The topological polar surface area (TPSA) is 443 Å². The fraction of sp³-hybridized carbons (Fsp3) is 0.421. The summed E-state index contributed by atoms with van der Waals surface area (Å²) in [6, 6.07) is 12.1. The summed E-state index contributed by atoms with van der Waals surface area (Å²) in [5.41, 5.74) is 34.5. The van der Waals surface area contributed by atoms with E-state index in [1.165, 1.54) is 95.2 Å². The van der Waals surface area contributed by atoms with Gasteiger partial charge in [0, 0.05) is 29.3 Å². The highest BCUT2D eigenvalue weighted by molar-refractivity contribution is 6.07. The van der Waals surface area contributed by atoms with Crippen molar-refractivity contribution in [3.63, 3.8) is 0 Å². The fourth-order valence-corrected chi connectivity index (χ4v) is 8.63. The SMILES string of the molecule is COc1ccc(NC(=O)[C@H](CCCNC(N)=O)NC(=O)c2cc(NC(=O)[C@H](CCCCCN)NC(=O)c3cc(NC(=O)[C@H](CCCCN)NC(=O)c4cc(NC(=O)[C@@H](N)CCCCN)ccc4OC)ccc3OC)ccc2OC)cc1C(N)=O. The average molecular weight is 1170 g/mol. The first-order valence-corrected chi connectivity index (χ1v) is 27.4. The predicted molar refractivity (Wildman–Crippen MR) is 317 cm³/mol. The second kappa shape index (κ2) is 35.1. The summed E-state index contributed by atoms with van der Waals surface area (Å²) in [5.74, 6) is -5.01. The van der Waals surface area contributed by atoms with Crippen molar-refractivity contribution in [2.24, 2.45) is 34.4 Å². The number of amides is 10. The first-order valence-electron chi connectivity index (χ1n) is 27.4. The molecule has 0 spiro atoms. The van der Waals surface area contributed by atoms with Crippen molar-refractivity contribution >= 4 is 76.0 Å². The number of primary amides is 2. The van der Waals surface area contributed by atoms with Crippen LogP contribution in [0.4, 0.5) is 27.5 Å². The van der Waals surface area contributed by atoms with E-state index in [1.54, 1.807) is 6.07 Å². The minimum absolute atomic E-state index is 0.00164. The molecule has 4 rings (SSSR count). The number of methoxy groups -OCH3 is 4. The normalized spacial score (nSPS) is 12.2. The van der Waals surface area contributed by atoms with E-state index >= 15 is 0 Å². The Bertz CT molecular complexity index is 2930. The van der Waals surface area contributed by atoms with Gasteiger partial charge in [0.1, 0.15) is 41.1 Å². The maximum atomic E-state index is 14.3. The molecule has 27 heteroatoms. The number of nitrogens with two attached hydrogens (primary N) is 6. The third-order valence-electron chi connectivity index (χ3n) is 13.2. The van der Waals surface area contributed by atoms with Crippen LogP contribution in [0.3, 0.4) is 0 Å². The molecule has 0 aliphatic carbocycles. The number of hydrogen-bond donors (Lipinski definition) is 14. The van der Waals surface area contributed by atoms with E-state index in [2.05, 4.69) is 42.5 Å². The summed E-state index contributed by atoms with van der Waals surface area (Å²) in [6.07, 6.45) is 4.98. The lowest BCUT2D eigenvalue weighted by molar-refractivity contribution is -0.118. The van der Waals surface area contributed by atoms with Crippen LogP contribution in [0.5, 0.6) is 23.0 Å². The van der Waals surface area contributed by atoms with Gasteiger partial charge in [-0.1, -0.05) is 19.3 Å². The van der Waals surface area contributed by atoms with E-state index in [0.717, 1.165) is 0 Å². The molecule has 0 heterocycles. The molecular weight excluding hydrogens is 1090 g/mol. The monoisotopic (exact) mass is 1170 g/mol. The van der Waals surface area contributed by atoms with Gasteiger partial charge in [0.25, 0.3) is 23.6 Å². The minimum atomic E-state index is -1.24. The lowest BCUT2D eigenvalue weighted by Gasteiger charge is -2.22. The van der Waals surface area contributed by atoms with E-state index < -0.39 is 77.5 Å². The molecule has 0 aliphatic rings. The number of rotatable bonds is 36. The second-order valence-corrected chi connectivity index (χ2v) is 19.3. The maximum Gasteiger partial charge on any atom is 0.312 e. The smallest absolute Gasteiger partial charge is 0.312 e. The third-order valence-corrected chi connectivity index (χ3v) is 13.2. The van der Waals surface area contributed by atoms with Crippen LogP contribution < -0.4 is 95.9 Å². The maximum absolute atomic E-state index is 14.3. The fourth-order valence-electron chi connectivity index (χ4n) is 8.63. The molecule has 4 aromatic rings. The second-order valence-electron chi connectivity index (χ2n) is 19.3. The highest BCUT2D eigenvalue weighted by Gasteiger charge is 2.29. The predicted octanol–water partition coefficient (Wildman–Crippen LogP) is 2.52. The molecule has 456 valence electrons. The van der Waals surface area contributed by atoms with Gasteiger partial charge in [-0.3, -0.25) is 38.4 Å². The lowest BCUT2D eigenvalue weighted by atomic mass is 10.0. The van der Waals surface area contributed by atoms with Gasteiger partial charge in [-0.25, -0.2) is 4.79 Å². The van der Waals surface area contributed by atoms with E-state index in [1.807, 2.05) is 0 Å². The number of carbonyl (C=O) groups excluding carboxylic acids is 9. The number of ether oxygens (including phenoxy) is 4. The first kappa shape index (κ1) is 67.5. The van der Waals surface area contributed by atoms with Crippen LogP contribution in [0.1, 0.15) is 118 Å². The zero-order valence-electron chi connectivity index (χ0n) is 47.8. The van der Waals surface area contributed by atoms with Crippen LogP contribution >= 0.6 is 0 Å². The van der Waals surface area contributed by atoms with Crippen molar-refractivity contribution in [2.45, 2.75) is 101 Å². The van der Waals surface area contributed by atoms with Crippen LogP contribution in [0.15, 0.2) is 72.8 Å². The quantitative estimate of drug-likeness (QED) is 0.0291. The Kier molecular flexibility index (Phi) is 28.2. The van der Waals surface area contributed by atoms with Gasteiger partial charge in [-0.15, -0.1) is 0 Å². The zero-order valence-corrected chi connectivity index (χ0v) is 47.8. The van der Waals surface area contributed by atoms with Crippen molar-refractivity contribution in [3.8, 4) is 23.0 Å². The minimum Gasteiger partial charge on any atom is -0.496 e. The summed E-state index contributed by atoms with van der Waals surface area (Å²) < 4.78 is 21.7. The molecule has 0 unspecified atom stereocenters. The number of urea groups is 1. The van der Waals surface area contributed by atoms with Crippen molar-refractivity contribution in [1.82, 2.24) is 21.3 Å². The molecule has 0 aliphatic heterocycles. The molecule has 27 nitrogen and oxygen atoms in total. The van der Waals surface area contributed by atoms with Crippen molar-refractivity contribution in [1.29, 1.82) is 0 Å². The van der Waals surface area contributed by atoms with E-state index in [4.69, 9.17) is 53.3 Å². The van der Waals surface area contributed by atoms with Gasteiger partial charge in [0.2, 0.25) is 23.6 Å². The van der Waals surface area contributed by atoms with Gasteiger partial charge >= 0.3 is 6.03 Å². The van der Waals surface area contributed by atoms with E-state index in [9.17, 15) is 43.2 Å². The Morgan fingerprint density at radius 2 is 0.714 bits per heavy atom. The van der Waals surface area contributed by atoms with Gasteiger partial charge in [-0.2, -0.15) is 0 Å². The van der Waals surface area contributed by atoms with Crippen LogP contribution in [0.25, 0.3) is 0 Å². The standard InChI is InChI=1S/C57H80N14O13/c1-81-45-21-17-33(29-37(45)49(62)72)66-56(79)44(16-12-28-64-57(63)80)71-52(75)40-32-35(19-24-48(40)84-4)67-54(77)42(14-6-5-9-25-58)69-51(74)39-31-36(20-23-47(39)83-3)68-55(78)43(15-8-11-27-60)70-50(73)38-30-34(18-22-46(38)82-2)65-53(76)41(61)13-7-10-26-59/h17-24,29-32,41-44H,5-16,25-28,58-61H2,1-4H3,(H2,62,72)(H,65,76)(H,66,79)(H,67,77)(H,68,78)(H,69,74)(H,70,73)(H,71,75)(H3,63,64,80)/t41-,42-,43-,44-/m0/s1. The summed E-state index contributed by atoms with van der Waals surface area (Å²) in [7, 11) is 5.38. The number of benzene rings is 4. The number of anilines is 4. The summed E-state index contributed by atoms with van der Waals surface area (Å²) >= 11 is 0. The molecule has 4 atom stereocenters. The molecule has 0 bridgehead atoms. The highest BCUT2D eigenvalue weighted by Crippen LogP contribution is 2.28. The Morgan fingerprint density at radius 3 is 1.06 bits per heavy atom. The molecule has 20 N–H and O–H groups in total. The highest BCUT2D eigenvalue weighted by atomic mass is 16.5. The lowest BCUT2D eigenvalue weighted by Crippen LogP contribution is -2.45. The number of carbonyl (C=O) groups is 9. The molecule has 0 saturated heterocycles. The zero-order chi connectivity index (χ0) is 61.7. The summed E-state index contributed by atoms with van der Waals surface area (Å²) in [5, 5.41) is 21.6. The Balaban J connectivity index is 1.57. The molecule has 4 aromatic carbocycles. The van der Waals surface area contributed by atoms with E-state index in [0.29, 0.717) is 71.0 Å². The number of nitrogens with one attached hydrogen (secondary N) is 8. The first-order chi connectivity index (χ1) is 40.3. The Morgan fingerprint density at radius 1 is 0.405 bits per heavy atom. The van der Waals surface area contributed by atoms with Gasteiger partial charge < -0.3 is 95.9 Å². The van der Waals surface area contributed by atoms with Crippen LogP contribution in [0.2, 0.25) is 0 Å². The van der Waals surface area contributed by atoms with Crippen molar-refractivity contribution in [2.75, 3.05) is 75.9 Å². The third kappa shape index (κ3) is 21.0. The molecule has 10 amide bonds. The van der Waals surface area contributed by atoms with Crippen molar-refractivity contribution in [3.05, 3.63) is 95.1 Å². The van der Waals surface area contributed by atoms with Crippen molar-refractivity contribution < 1.29 is 62.1 Å². The molecule has 0 saturated carbocycles. The van der Waals surface area contributed by atoms with E-state index in [-0.39, 0.29) is 100 Å². The molecule has 84 heavy (non-hydrogen) atoms. The number of hydrogen-bond acceptors (Lipinski definition) is 17. The van der Waals surface area contributed by atoms with Gasteiger partial charge in [-0.05, 0) is 150 Å². The summed E-state index contributed by atoms with van der Waals surface area (Å²) in [4.78, 5) is 121. The molecule has 0 aromatic heterocycles. The average Bonchev–Trinajstić information content (AvgIpc) is 3.47. The summed E-state index contributed by atoms with van der Waals surface area (Å²) in [6.45, 7) is 1.25. The van der Waals surface area contributed by atoms with Gasteiger partial charge in [0.15, 0.2) is 0 Å². The molecule has 0 radical (unpaired) electrons. The number of unbranched alkanes of at least 4 members (excludes halogenated alkanes) is 4. The molecule has 0 fully saturated rings. The Hall–Kier alpha value is -9.05. The van der Waals surface area contributed by atoms with Crippen LogP contribution in [0, 0.1) is 0 Å². The molecular formula is C57H80N14O13. The van der Waals surface area contributed by atoms with Gasteiger partial charge in [0.05, 0.1) is 56.7 Å². The Labute approximate surface area is 487 Å². The largest absolute Gasteiger partial charge is 0.496 e. The van der Waals surface area contributed by atoms with Crippen LogP contribution in [-0.4, -0.2) is 132 Å².